The molecule has 2 aliphatic heterocycles. The fraction of sp³-hybridized carbons (Fsp3) is 0.527. The van der Waals surface area contributed by atoms with Gasteiger partial charge in [-0.3, -0.25) is 28.8 Å². The summed E-state index contributed by atoms with van der Waals surface area (Å²) < 4.78 is 22.9. The van der Waals surface area contributed by atoms with Crippen LogP contribution in [0.5, 0.6) is 11.5 Å². The van der Waals surface area contributed by atoms with Crippen LogP contribution in [-0.2, 0) is 57.6 Å². The van der Waals surface area contributed by atoms with Gasteiger partial charge in [-0.05, 0) is 80.2 Å². The molecule has 3 aromatic rings. The monoisotopic (exact) mass is 935 g/mol. The first-order valence-corrected chi connectivity index (χ1v) is 24.3. The smallest absolute Gasteiger partial charge is 0.311 e. The summed E-state index contributed by atoms with van der Waals surface area (Å²) in [6.07, 6.45) is 7.38. The second-order valence-corrected chi connectivity index (χ2v) is 19.6. The van der Waals surface area contributed by atoms with Crippen LogP contribution >= 0.6 is 0 Å². The van der Waals surface area contributed by atoms with Crippen molar-refractivity contribution in [2.45, 2.75) is 117 Å². The van der Waals surface area contributed by atoms with Crippen molar-refractivity contribution in [1.82, 2.24) is 10.6 Å². The molecular weight excluding hydrogens is 863 g/mol. The minimum absolute atomic E-state index is 0.0123. The number of ether oxygens (including phenoxy) is 4. The van der Waals surface area contributed by atoms with Gasteiger partial charge in [-0.1, -0.05) is 101 Å². The van der Waals surface area contributed by atoms with Crippen molar-refractivity contribution in [3.63, 3.8) is 0 Å². The van der Waals surface area contributed by atoms with Crippen molar-refractivity contribution in [1.29, 1.82) is 0 Å². The van der Waals surface area contributed by atoms with Crippen LogP contribution in [0, 0.1) is 36.0 Å². The molecule has 0 aromatic heterocycles. The van der Waals surface area contributed by atoms with E-state index >= 15 is 0 Å². The van der Waals surface area contributed by atoms with Crippen molar-refractivity contribution >= 4 is 35.1 Å². The number of carbonyl (C=O) groups is 6. The van der Waals surface area contributed by atoms with Crippen molar-refractivity contribution in [2.75, 3.05) is 46.1 Å². The summed E-state index contributed by atoms with van der Waals surface area (Å²) in [5.74, 6) is -0.181. The van der Waals surface area contributed by atoms with Crippen molar-refractivity contribution in [2.24, 2.45) is 23.7 Å². The van der Waals surface area contributed by atoms with Gasteiger partial charge in [0.15, 0.2) is 28.8 Å². The maximum absolute atomic E-state index is 14.6. The molecule has 68 heavy (non-hydrogen) atoms. The van der Waals surface area contributed by atoms with E-state index in [9.17, 15) is 28.8 Å². The van der Waals surface area contributed by atoms with E-state index in [0.717, 1.165) is 16.7 Å². The van der Waals surface area contributed by atoms with E-state index in [2.05, 4.69) is 16.6 Å². The third-order valence-electron chi connectivity index (χ3n) is 12.7. The Morgan fingerprint density at radius 1 is 0.779 bits per heavy atom. The van der Waals surface area contributed by atoms with E-state index in [1.165, 1.54) is 0 Å². The Morgan fingerprint density at radius 2 is 1.38 bits per heavy atom. The number of aryl methyl sites for hydroxylation is 1. The number of nitrogens with zero attached hydrogens (tertiary/aromatic N) is 1. The number of ketones is 3. The van der Waals surface area contributed by atoms with Crippen LogP contribution in [0.4, 0.5) is 0 Å². The number of quaternary nitrogens is 1. The third kappa shape index (κ3) is 16.5. The van der Waals surface area contributed by atoms with E-state index < -0.39 is 47.3 Å². The lowest BCUT2D eigenvalue weighted by atomic mass is 9.87. The minimum atomic E-state index is -0.936. The zero-order valence-electron chi connectivity index (χ0n) is 40.9. The number of terminal acetylenes is 1. The first kappa shape index (κ1) is 53.3. The topological polar surface area (TPSA) is 167 Å². The Kier molecular flexibility index (Phi) is 20.1. The van der Waals surface area contributed by atoms with Gasteiger partial charge in [-0.2, -0.15) is 0 Å². The molecule has 5 rings (SSSR count). The van der Waals surface area contributed by atoms with Gasteiger partial charge in [-0.25, -0.2) is 0 Å². The van der Waals surface area contributed by atoms with Crippen molar-refractivity contribution in [3.05, 3.63) is 95.6 Å². The molecule has 0 radical (unpaired) electrons. The summed E-state index contributed by atoms with van der Waals surface area (Å²) >= 11 is 0. The average Bonchev–Trinajstić information content (AvgIpc) is 4.07. The van der Waals surface area contributed by atoms with Crippen LogP contribution in [0.2, 0.25) is 0 Å². The van der Waals surface area contributed by atoms with Gasteiger partial charge in [0.2, 0.25) is 11.8 Å². The molecule has 2 heterocycles. The lowest BCUT2D eigenvalue weighted by Crippen LogP contribution is -2.57. The lowest BCUT2D eigenvalue weighted by molar-refractivity contribution is -0.940. The summed E-state index contributed by atoms with van der Waals surface area (Å²) in [6, 6.07) is 22.8. The van der Waals surface area contributed by atoms with E-state index in [1.807, 2.05) is 94.4 Å². The molecule has 0 unspecified atom stereocenters. The van der Waals surface area contributed by atoms with E-state index in [4.69, 9.17) is 25.4 Å². The molecule has 366 valence electrons. The molecule has 5 atom stereocenters. The second-order valence-electron chi connectivity index (χ2n) is 19.6. The van der Waals surface area contributed by atoms with Crippen LogP contribution in [0.15, 0.2) is 78.9 Å². The Hall–Kier alpha value is -5.68. The van der Waals surface area contributed by atoms with Gasteiger partial charge in [0, 0.05) is 36.7 Å². The molecule has 3 aromatic carbocycles. The molecule has 2 fully saturated rings. The van der Waals surface area contributed by atoms with Gasteiger partial charge in [0.05, 0.1) is 31.9 Å². The minimum Gasteiger partial charge on any atom is -0.477 e. The fourth-order valence-corrected chi connectivity index (χ4v) is 8.86. The number of nitrogens with one attached hydrogen (secondary N) is 2. The summed E-state index contributed by atoms with van der Waals surface area (Å²) in [6.45, 7) is 14.2. The molecule has 2 saturated heterocycles. The normalized spacial score (nSPS) is 18.0. The summed E-state index contributed by atoms with van der Waals surface area (Å²) in [5.41, 5.74) is 1.80. The Balaban J connectivity index is 1.36. The first-order valence-electron chi connectivity index (χ1n) is 24.3. The highest BCUT2D eigenvalue weighted by molar-refractivity contribution is 5.98. The largest absolute Gasteiger partial charge is 0.477 e. The maximum atomic E-state index is 14.6. The number of morpholine rings is 1. The quantitative estimate of drug-likeness (QED) is 0.0260. The number of epoxide rings is 1. The van der Waals surface area contributed by atoms with E-state index in [-0.39, 0.29) is 73.8 Å². The molecular formula is C55H72N3O10+. The number of carbonyl (C=O) groups excluding carboxylic acids is 6. The zero-order chi connectivity index (χ0) is 49.3. The highest BCUT2D eigenvalue weighted by atomic mass is 16.6. The molecule has 0 aliphatic carbocycles. The number of Topliss-reactive ketones (excluding diaryl/α,β-unsaturated/α-hetero) is 3. The average molecular weight is 935 g/mol. The summed E-state index contributed by atoms with van der Waals surface area (Å²) in [5, 5.41) is 6.08. The van der Waals surface area contributed by atoms with Gasteiger partial charge in [0.25, 0.3) is 0 Å². The maximum Gasteiger partial charge on any atom is 0.311 e. The number of rotatable bonds is 28. The van der Waals surface area contributed by atoms with Crippen LogP contribution in [0.1, 0.15) is 96.8 Å². The molecule has 0 bridgehead atoms. The summed E-state index contributed by atoms with van der Waals surface area (Å²) in [7, 11) is 0. The van der Waals surface area contributed by atoms with E-state index in [0.29, 0.717) is 75.4 Å². The van der Waals surface area contributed by atoms with Gasteiger partial charge < -0.3 is 34.1 Å². The van der Waals surface area contributed by atoms with E-state index in [1.54, 1.807) is 26.0 Å². The Labute approximate surface area is 403 Å². The van der Waals surface area contributed by atoms with Crippen LogP contribution < -0.4 is 20.1 Å². The number of esters is 1. The second kappa shape index (κ2) is 25.6. The Morgan fingerprint density at radius 3 is 1.99 bits per heavy atom. The Bertz CT molecular complexity index is 2210. The predicted molar refractivity (Wildman–Crippen MR) is 259 cm³/mol. The third-order valence-corrected chi connectivity index (χ3v) is 12.7. The number of benzene rings is 3. The number of hydrogen-bond donors (Lipinski definition) is 2. The number of hydrogen-bond acceptors (Lipinski definition) is 10. The molecule has 2 N–H and O–H groups in total. The van der Waals surface area contributed by atoms with Crippen LogP contribution in [-0.4, -0.2) is 103 Å². The van der Waals surface area contributed by atoms with Crippen LogP contribution in [0.3, 0.4) is 0 Å². The van der Waals surface area contributed by atoms with Crippen molar-refractivity contribution < 1.29 is 52.2 Å². The van der Waals surface area contributed by atoms with Crippen LogP contribution in [0.25, 0.3) is 0 Å². The molecule has 0 saturated carbocycles. The highest BCUT2D eigenvalue weighted by Gasteiger charge is 2.50. The van der Waals surface area contributed by atoms with Gasteiger partial charge in [0.1, 0.15) is 38.4 Å². The van der Waals surface area contributed by atoms with Gasteiger partial charge in [-0.15, -0.1) is 6.42 Å². The molecule has 0 spiro atoms. The summed E-state index contributed by atoms with van der Waals surface area (Å²) in [4.78, 5) is 83.5. The van der Waals surface area contributed by atoms with Gasteiger partial charge >= 0.3 is 5.97 Å². The SMILES string of the molecule is C#CCOc1cc(C[N+]2(CC(=O)C[C@@H](CCc3ccccc3)C(=O)N[C@@H](CC(C)C)C(=O)C[C@@H](Cc3ccccc3)C(=O)N[C@@H](CC(C)C)C(=O)[C@@]3(C)CO3)CCOCC2)ccc1OC(=O)CC. The molecule has 13 heteroatoms. The molecule has 2 aliphatic rings. The highest BCUT2D eigenvalue weighted by Crippen LogP contribution is 2.32. The van der Waals surface area contributed by atoms with Crippen molar-refractivity contribution in [3.8, 4) is 23.8 Å². The zero-order valence-corrected chi connectivity index (χ0v) is 40.9. The predicted octanol–water partition coefficient (Wildman–Crippen LogP) is 6.81. The standard InChI is InChI=1S/C55H71N3O10/c1-8-26-66-50-32-42(21-23-49(50)68-51(61)9-2)35-58(24-27-65-28-25-58)36-45(59)33-43(22-20-40-16-12-10-13-17-40)53(63)56-46(29-38(3)4)48(60)34-44(31-41-18-14-11-15-19-41)54(64)57-47(30-39(5)6)52(62)55(7)37-67-55/h1,10-19,21,23,32,38-39,43-44,46-47H,9,20,22,24-31,33-37H2,2-7H3,(H-,56,57,63,64)/p+1/t43-,44-,46+,47+,55-/m1/s1. The number of amides is 2. The molecule has 13 nitrogen and oxygen atoms in total. The fourth-order valence-electron chi connectivity index (χ4n) is 8.86. The first-order chi connectivity index (χ1) is 32.5. The lowest BCUT2D eigenvalue weighted by Gasteiger charge is -2.41. The molecule has 2 amide bonds.